The number of likely N-dealkylation sites (N-methyl/N-ethyl adjacent to an activating group) is 1. The van der Waals surface area contributed by atoms with Crippen LogP contribution < -0.4 is 5.73 Å². The van der Waals surface area contributed by atoms with Gasteiger partial charge in [0.15, 0.2) is 0 Å². The van der Waals surface area contributed by atoms with Crippen molar-refractivity contribution in [3.05, 3.63) is 40.2 Å². The van der Waals surface area contributed by atoms with E-state index < -0.39 is 0 Å². The molecular formula is C12H17N3OS. The second-order valence-corrected chi connectivity index (χ2v) is 5.14. The van der Waals surface area contributed by atoms with Gasteiger partial charge in [-0.25, -0.2) is 4.98 Å². The van der Waals surface area contributed by atoms with Gasteiger partial charge in [0, 0.05) is 24.0 Å². The van der Waals surface area contributed by atoms with E-state index in [1.165, 1.54) is 0 Å². The SMILES string of the molecule is Cc1nc(CN(C)C(CN)c2ccoc2)cs1. The van der Waals surface area contributed by atoms with Crippen molar-refractivity contribution in [3.63, 3.8) is 0 Å². The van der Waals surface area contributed by atoms with Crippen LogP contribution in [0.5, 0.6) is 0 Å². The van der Waals surface area contributed by atoms with Crippen LogP contribution in [0.3, 0.4) is 0 Å². The van der Waals surface area contributed by atoms with Crippen LogP contribution >= 0.6 is 11.3 Å². The number of nitrogens with zero attached hydrogens (tertiary/aromatic N) is 2. The van der Waals surface area contributed by atoms with Crippen molar-refractivity contribution in [1.29, 1.82) is 0 Å². The van der Waals surface area contributed by atoms with Crippen LogP contribution in [0, 0.1) is 6.92 Å². The van der Waals surface area contributed by atoms with Gasteiger partial charge in [-0.1, -0.05) is 0 Å². The maximum absolute atomic E-state index is 5.82. The molecule has 0 aromatic carbocycles. The number of aryl methyl sites for hydroxylation is 1. The Morgan fingerprint density at radius 2 is 2.41 bits per heavy atom. The standard InChI is InChI=1S/C12H17N3OS/c1-9-14-11(8-17-9)6-15(2)12(5-13)10-3-4-16-7-10/h3-4,7-8,12H,5-6,13H2,1-2H3. The van der Waals surface area contributed by atoms with Crippen LogP contribution in [0.15, 0.2) is 28.4 Å². The summed E-state index contributed by atoms with van der Waals surface area (Å²) in [7, 11) is 2.05. The van der Waals surface area contributed by atoms with Gasteiger partial charge in [0.05, 0.1) is 29.3 Å². The number of thiazole rings is 1. The largest absolute Gasteiger partial charge is 0.472 e. The van der Waals surface area contributed by atoms with E-state index in [1.807, 2.05) is 13.0 Å². The Kier molecular flexibility index (Phi) is 3.93. The van der Waals surface area contributed by atoms with Crippen LogP contribution in [-0.4, -0.2) is 23.5 Å². The summed E-state index contributed by atoms with van der Waals surface area (Å²) in [4.78, 5) is 6.66. The Labute approximate surface area is 105 Å². The summed E-state index contributed by atoms with van der Waals surface area (Å²) >= 11 is 1.68. The number of rotatable bonds is 5. The van der Waals surface area contributed by atoms with Gasteiger partial charge < -0.3 is 10.2 Å². The van der Waals surface area contributed by atoms with Crippen LogP contribution in [-0.2, 0) is 6.54 Å². The topological polar surface area (TPSA) is 55.3 Å². The van der Waals surface area contributed by atoms with Gasteiger partial charge in [-0.3, -0.25) is 4.90 Å². The Morgan fingerprint density at radius 1 is 1.59 bits per heavy atom. The fourth-order valence-electron chi connectivity index (χ4n) is 1.88. The Hall–Kier alpha value is -1.17. The van der Waals surface area contributed by atoms with Crippen LogP contribution in [0.4, 0.5) is 0 Å². The molecule has 0 aliphatic carbocycles. The minimum Gasteiger partial charge on any atom is -0.472 e. The average Bonchev–Trinajstić information content (AvgIpc) is 2.92. The number of nitrogens with two attached hydrogens (primary N) is 1. The second-order valence-electron chi connectivity index (χ2n) is 4.08. The third kappa shape index (κ3) is 2.94. The lowest BCUT2D eigenvalue weighted by molar-refractivity contribution is 0.238. The minimum absolute atomic E-state index is 0.177. The highest BCUT2D eigenvalue weighted by Gasteiger charge is 2.17. The third-order valence-corrected chi connectivity index (χ3v) is 3.58. The van der Waals surface area contributed by atoms with Crippen molar-refractivity contribution >= 4 is 11.3 Å². The lowest BCUT2D eigenvalue weighted by Gasteiger charge is -2.25. The second kappa shape index (κ2) is 5.44. The molecule has 2 aromatic heterocycles. The monoisotopic (exact) mass is 251 g/mol. The molecule has 92 valence electrons. The molecule has 0 spiro atoms. The first kappa shape index (κ1) is 12.3. The molecule has 0 aliphatic rings. The molecule has 0 bridgehead atoms. The maximum atomic E-state index is 5.82. The van der Waals surface area contributed by atoms with E-state index in [0.29, 0.717) is 6.54 Å². The third-order valence-electron chi connectivity index (χ3n) is 2.76. The molecule has 2 aromatic rings. The summed E-state index contributed by atoms with van der Waals surface area (Å²) < 4.78 is 5.11. The van der Waals surface area contributed by atoms with Gasteiger partial charge in [-0.15, -0.1) is 11.3 Å². The van der Waals surface area contributed by atoms with E-state index in [4.69, 9.17) is 10.2 Å². The zero-order chi connectivity index (χ0) is 12.3. The van der Waals surface area contributed by atoms with Crippen LogP contribution in [0.2, 0.25) is 0 Å². The van der Waals surface area contributed by atoms with Crippen molar-refractivity contribution in [2.75, 3.05) is 13.6 Å². The van der Waals surface area contributed by atoms with Crippen LogP contribution in [0.25, 0.3) is 0 Å². The lowest BCUT2D eigenvalue weighted by atomic mass is 10.1. The summed E-state index contributed by atoms with van der Waals surface area (Å²) in [5.41, 5.74) is 8.03. The first-order valence-electron chi connectivity index (χ1n) is 5.54. The van der Waals surface area contributed by atoms with Gasteiger partial charge in [0.1, 0.15) is 0 Å². The number of aromatic nitrogens is 1. The van der Waals surface area contributed by atoms with Crippen LogP contribution in [0.1, 0.15) is 22.3 Å². The van der Waals surface area contributed by atoms with E-state index in [9.17, 15) is 0 Å². The Morgan fingerprint density at radius 3 is 2.94 bits per heavy atom. The Balaban J connectivity index is 2.05. The summed E-state index contributed by atoms with van der Waals surface area (Å²) in [5.74, 6) is 0. The highest BCUT2D eigenvalue weighted by molar-refractivity contribution is 7.09. The lowest BCUT2D eigenvalue weighted by Crippen LogP contribution is -2.30. The molecule has 17 heavy (non-hydrogen) atoms. The molecule has 1 atom stereocenters. The van der Waals surface area contributed by atoms with Crippen molar-refractivity contribution in [2.24, 2.45) is 5.73 Å². The molecule has 2 rings (SSSR count). The number of hydrogen-bond donors (Lipinski definition) is 1. The quantitative estimate of drug-likeness (QED) is 0.885. The maximum Gasteiger partial charge on any atom is 0.0950 e. The smallest absolute Gasteiger partial charge is 0.0950 e. The molecule has 0 amide bonds. The highest BCUT2D eigenvalue weighted by Crippen LogP contribution is 2.21. The zero-order valence-corrected chi connectivity index (χ0v) is 10.9. The molecule has 0 saturated heterocycles. The molecular weight excluding hydrogens is 234 g/mol. The summed E-state index contributed by atoms with van der Waals surface area (Å²) in [6.07, 6.45) is 3.43. The predicted molar refractivity (Wildman–Crippen MR) is 68.8 cm³/mol. The van der Waals surface area contributed by atoms with Gasteiger partial charge >= 0.3 is 0 Å². The molecule has 0 fully saturated rings. The molecule has 0 saturated carbocycles. The molecule has 2 heterocycles. The summed E-state index contributed by atoms with van der Waals surface area (Å²) in [6.45, 7) is 3.39. The highest BCUT2D eigenvalue weighted by atomic mass is 32.1. The number of furan rings is 1. The van der Waals surface area contributed by atoms with Gasteiger partial charge in [0.25, 0.3) is 0 Å². The normalized spacial score (nSPS) is 13.2. The summed E-state index contributed by atoms with van der Waals surface area (Å²) in [5, 5.41) is 3.19. The van der Waals surface area contributed by atoms with Crippen molar-refractivity contribution < 1.29 is 4.42 Å². The molecule has 0 radical (unpaired) electrons. The first-order valence-corrected chi connectivity index (χ1v) is 6.42. The molecule has 2 N–H and O–H groups in total. The van der Waals surface area contributed by atoms with Crippen molar-refractivity contribution in [3.8, 4) is 0 Å². The average molecular weight is 251 g/mol. The molecule has 4 nitrogen and oxygen atoms in total. The van der Waals surface area contributed by atoms with E-state index in [0.717, 1.165) is 22.8 Å². The van der Waals surface area contributed by atoms with Gasteiger partial charge in [0.2, 0.25) is 0 Å². The Bertz CT molecular complexity index is 452. The molecule has 5 heteroatoms. The first-order chi connectivity index (χ1) is 8.20. The zero-order valence-electron chi connectivity index (χ0n) is 10.1. The van der Waals surface area contributed by atoms with Gasteiger partial charge in [-0.2, -0.15) is 0 Å². The number of hydrogen-bond acceptors (Lipinski definition) is 5. The fraction of sp³-hybridized carbons (Fsp3) is 0.417. The molecule has 1 unspecified atom stereocenters. The van der Waals surface area contributed by atoms with Crippen molar-refractivity contribution in [1.82, 2.24) is 9.88 Å². The molecule has 0 aliphatic heterocycles. The van der Waals surface area contributed by atoms with Gasteiger partial charge in [-0.05, 0) is 20.0 Å². The van der Waals surface area contributed by atoms with E-state index in [2.05, 4.69) is 22.3 Å². The van der Waals surface area contributed by atoms with E-state index >= 15 is 0 Å². The van der Waals surface area contributed by atoms with E-state index in [1.54, 1.807) is 23.9 Å². The van der Waals surface area contributed by atoms with E-state index in [-0.39, 0.29) is 6.04 Å². The summed E-state index contributed by atoms with van der Waals surface area (Å²) in [6, 6.07) is 2.14. The van der Waals surface area contributed by atoms with Crippen molar-refractivity contribution in [2.45, 2.75) is 19.5 Å². The predicted octanol–water partition coefficient (Wildman–Crippen LogP) is 2.18. The fourth-order valence-corrected chi connectivity index (χ4v) is 2.49. The minimum atomic E-state index is 0.177.